The van der Waals surface area contributed by atoms with Crippen molar-refractivity contribution in [1.82, 2.24) is 24.7 Å². The molecule has 3 rings (SSSR count). The molecule has 0 fully saturated rings. The Kier molecular flexibility index (Phi) is 7.74. The van der Waals surface area contributed by atoms with E-state index in [0.717, 1.165) is 17.1 Å². The van der Waals surface area contributed by atoms with Crippen LogP contribution < -0.4 is 0 Å². The van der Waals surface area contributed by atoms with Crippen molar-refractivity contribution in [3.63, 3.8) is 0 Å². The number of thioether (sulfide) groups is 2. The van der Waals surface area contributed by atoms with Gasteiger partial charge in [-0.2, -0.15) is 0 Å². The maximum absolute atomic E-state index is 12.1. The second-order valence-corrected chi connectivity index (χ2v) is 9.14. The highest BCUT2D eigenvalue weighted by molar-refractivity contribution is 8.00. The van der Waals surface area contributed by atoms with Gasteiger partial charge in [0.05, 0.1) is 18.0 Å². The third-order valence-electron chi connectivity index (χ3n) is 3.96. The highest BCUT2D eigenvalue weighted by atomic mass is 35.5. The van der Waals surface area contributed by atoms with Crippen molar-refractivity contribution in [2.24, 2.45) is 0 Å². The summed E-state index contributed by atoms with van der Waals surface area (Å²) >= 11 is 8.99. The van der Waals surface area contributed by atoms with E-state index in [4.69, 9.17) is 16.3 Å². The summed E-state index contributed by atoms with van der Waals surface area (Å²) in [6, 6.07) is 9.37. The molecule has 0 aliphatic rings. The van der Waals surface area contributed by atoms with E-state index in [-0.39, 0.29) is 5.97 Å². The lowest BCUT2D eigenvalue weighted by atomic mass is 10.3. The lowest BCUT2D eigenvalue weighted by molar-refractivity contribution is -0.142. The summed E-state index contributed by atoms with van der Waals surface area (Å²) in [6.07, 6.45) is 0. The molecule has 2 aromatic heterocycles. The molecule has 0 spiro atoms. The quantitative estimate of drug-likeness (QED) is 0.271. The molecular weight excluding hydrogens is 442 g/mol. The Morgan fingerprint density at radius 2 is 1.93 bits per heavy atom. The summed E-state index contributed by atoms with van der Waals surface area (Å²) in [5.74, 6) is 0.933. The van der Waals surface area contributed by atoms with Gasteiger partial charge < -0.3 is 4.74 Å². The van der Waals surface area contributed by atoms with Gasteiger partial charge in [-0.3, -0.25) is 9.36 Å². The maximum Gasteiger partial charge on any atom is 0.319 e. The number of aromatic nitrogens is 5. The van der Waals surface area contributed by atoms with Gasteiger partial charge in [0.25, 0.3) is 0 Å². The third-order valence-corrected chi connectivity index (χ3v) is 6.06. The number of carbonyl (C=O) groups is 1. The van der Waals surface area contributed by atoms with Crippen LogP contribution in [-0.4, -0.2) is 42.6 Å². The van der Waals surface area contributed by atoms with E-state index in [0.29, 0.717) is 33.5 Å². The molecule has 1 atom stereocenters. The number of carbonyl (C=O) groups excluding carboxylic acids is 1. The molecule has 2 heterocycles. The molecule has 10 heteroatoms. The standard InChI is InChI=1S/C20H22ClN5O2S2/c1-5-28-18(27)14(4)30-20-25-24-17(26(20)16-8-6-7-15(21)10-16)11-29-19-22-12(2)9-13(3)23-19/h6-10,14H,5,11H2,1-4H3/t14-/m0/s1. The molecule has 0 saturated carbocycles. The maximum atomic E-state index is 12.1. The van der Waals surface area contributed by atoms with Crippen LogP contribution in [0, 0.1) is 13.8 Å². The van der Waals surface area contributed by atoms with Crippen molar-refractivity contribution < 1.29 is 9.53 Å². The second kappa shape index (κ2) is 10.3. The second-order valence-electron chi connectivity index (χ2n) is 6.45. The number of benzene rings is 1. The van der Waals surface area contributed by atoms with E-state index in [2.05, 4.69) is 20.2 Å². The molecule has 0 saturated heterocycles. The van der Waals surface area contributed by atoms with Gasteiger partial charge in [-0.05, 0) is 52.0 Å². The number of aryl methyl sites for hydroxylation is 2. The van der Waals surface area contributed by atoms with Gasteiger partial charge in [0.1, 0.15) is 11.1 Å². The highest BCUT2D eigenvalue weighted by Crippen LogP contribution is 2.29. The largest absolute Gasteiger partial charge is 0.465 e. The topological polar surface area (TPSA) is 82.8 Å². The zero-order chi connectivity index (χ0) is 21.7. The predicted molar refractivity (Wildman–Crippen MR) is 119 cm³/mol. The fourth-order valence-electron chi connectivity index (χ4n) is 2.70. The van der Waals surface area contributed by atoms with E-state index < -0.39 is 5.25 Å². The smallest absolute Gasteiger partial charge is 0.319 e. The number of halogens is 1. The van der Waals surface area contributed by atoms with Crippen LogP contribution in [0.2, 0.25) is 5.02 Å². The van der Waals surface area contributed by atoms with Crippen LogP contribution in [0.1, 0.15) is 31.1 Å². The first-order chi connectivity index (χ1) is 14.4. The summed E-state index contributed by atoms with van der Waals surface area (Å²) in [6.45, 7) is 7.80. The molecule has 30 heavy (non-hydrogen) atoms. The Balaban J connectivity index is 1.90. The molecule has 0 unspecified atom stereocenters. The minimum Gasteiger partial charge on any atom is -0.465 e. The van der Waals surface area contributed by atoms with Crippen molar-refractivity contribution in [3.8, 4) is 5.69 Å². The van der Waals surface area contributed by atoms with Gasteiger partial charge in [-0.1, -0.05) is 41.2 Å². The summed E-state index contributed by atoms with van der Waals surface area (Å²) < 4.78 is 7.02. The molecule has 0 aliphatic heterocycles. The van der Waals surface area contributed by atoms with Crippen molar-refractivity contribution in [2.45, 2.75) is 49.0 Å². The molecule has 158 valence electrons. The molecular formula is C20H22ClN5O2S2. The van der Waals surface area contributed by atoms with E-state index in [1.807, 2.05) is 42.7 Å². The Labute approximate surface area is 189 Å². The van der Waals surface area contributed by atoms with Crippen LogP contribution >= 0.6 is 35.1 Å². The van der Waals surface area contributed by atoms with Gasteiger partial charge in [0, 0.05) is 16.4 Å². The van der Waals surface area contributed by atoms with Gasteiger partial charge in [0.15, 0.2) is 10.3 Å². The minimum absolute atomic E-state index is 0.289. The number of rotatable bonds is 8. The highest BCUT2D eigenvalue weighted by Gasteiger charge is 2.22. The van der Waals surface area contributed by atoms with Crippen molar-refractivity contribution in [3.05, 3.63) is 52.6 Å². The first-order valence-corrected chi connectivity index (χ1v) is 11.6. The van der Waals surface area contributed by atoms with Crippen molar-refractivity contribution in [2.75, 3.05) is 6.61 Å². The normalized spacial score (nSPS) is 12.0. The van der Waals surface area contributed by atoms with Gasteiger partial charge >= 0.3 is 5.97 Å². The number of hydrogen-bond donors (Lipinski definition) is 0. The average molecular weight is 464 g/mol. The Morgan fingerprint density at radius 1 is 1.20 bits per heavy atom. The molecule has 1 aromatic carbocycles. The molecule has 0 N–H and O–H groups in total. The van der Waals surface area contributed by atoms with E-state index >= 15 is 0 Å². The van der Waals surface area contributed by atoms with Crippen LogP contribution in [0.3, 0.4) is 0 Å². The molecule has 0 bridgehead atoms. The van der Waals surface area contributed by atoms with E-state index in [9.17, 15) is 4.79 Å². The lowest BCUT2D eigenvalue weighted by Crippen LogP contribution is -2.17. The fourth-order valence-corrected chi connectivity index (χ4v) is 4.63. The van der Waals surface area contributed by atoms with Crippen LogP contribution in [-0.2, 0) is 15.3 Å². The number of ether oxygens (including phenoxy) is 1. The number of esters is 1. The monoisotopic (exact) mass is 463 g/mol. The van der Waals surface area contributed by atoms with Crippen LogP contribution in [0.25, 0.3) is 5.69 Å². The zero-order valence-corrected chi connectivity index (χ0v) is 19.5. The molecule has 0 aliphatic carbocycles. The summed E-state index contributed by atoms with van der Waals surface area (Å²) in [7, 11) is 0. The molecule has 7 nitrogen and oxygen atoms in total. The van der Waals surface area contributed by atoms with Gasteiger partial charge in [-0.15, -0.1) is 10.2 Å². The predicted octanol–water partition coefficient (Wildman–Crippen LogP) is 4.66. The lowest BCUT2D eigenvalue weighted by Gasteiger charge is -2.13. The SMILES string of the molecule is CCOC(=O)[C@H](C)Sc1nnc(CSc2nc(C)cc(C)n2)n1-c1cccc(Cl)c1. The number of hydrogen-bond acceptors (Lipinski definition) is 8. The number of nitrogens with zero attached hydrogens (tertiary/aromatic N) is 5. The zero-order valence-electron chi connectivity index (χ0n) is 17.1. The minimum atomic E-state index is -0.421. The third kappa shape index (κ3) is 5.74. The Morgan fingerprint density at radius 3 is 2.60 bits per heavy atom. The van der Waals surface area contributed by atoms with Crippen molar-refractivity contribution in [1.29, 1.82) is 0 Å². The van der Waals surface area contributed by atoms with E-state index in [1.165, 1.54) is 23.5 Å². The summed E-state index contributed by atoms with van der Waals surface area (Å²) in [5.41, 5.74) is 2.66. The molecule has 0 radical (unpaired) electrons. The first kappa shape index (κ1) is 22.6. The molecule has 0 amide bonds. The first-order valence-electron chi connectivity index (χ1n) is 9.36. The van der Waals surface area contributed by atoms with E-state index in [1.54, 1.807) is 19.9 Å². The summed E-state index contributed by atoms with van der Waals surface area (Å²) in [5, 5.41) is 10.1. The Hall–Kier alpha value is -2.10. The van der Waals surface area contributed by atoms with Crippen molar-refractivity contribution >= 4 is 41.1 Å². The van der Waals surface area contributed by atoms with Crippen LogP contribution in [0.15, 0.2) is 40.6 Å². The summed E-state index contributed by atoms with van der Waals surface area (Å²) in [4.78, 5) is 21.0. The van der Waals surface area contributed by atoms with Crippen LogP contribution in [0.4, 0.5) is 0 Å². The van der Waals surface area contributed by atoms with Gasteiger partial charge in [0.2, 0.25) is 0 Å². The fraction of sp³-hybridized carbons (Fsp3) is 0.350. The van der Waals surface area contributed by atoms with Gasteiger partial charge in [-0.25, -0.2) is 9.97 Å². The van der Waals surface area contributed by atoms with Crippen LogP contribution in [0.5, 0.6) is 0 Å². The average Bonchev–Trinajstić information content (AvgIpc) is 3.08. The molecule has 3 aromatic rings. The Bertz CT molecular complexity index is 1020.